The Morgan fingerprint density at radius 2 is 1.68 bits per heavy atom. The van der Waals surface area contributed by atoms with Gasteiger partial charge in [-0.25, -0.2) is 0 Å². The van der Waals surface area contributed by atoms with Crippen LogP contribution in [0.15, 0.2) is 60.2 Å². The molecule has 2 aromatic carbocycles. The van der Waals surface area contributed by atoms with E-state index < -0.39 is 11.8 Å². The van der Waals surface area contributed by atoms with Crippen LogP contribution >= 0.6 is 0 Å². The van der Waals surface area contributed by atoms with Crippen LogP contribution in [0.1, 0.15) is 28.4 Å². The van der Waals surface area contributed by atoms with Gasteiger partial charge in [0.15, 0.2) is 11.5 Å². The van der Waals surface area contributed by atoms with Crippen molar-refractivity contribution in [1.29, 1.82) is 0 Å². The Hall–Kier alpha value is -3.54. The predicted octanol–water partition coefficient (Wildman–Crippen LogP) is 3.43. The molecule has 2 rings (SSSR count). The first-order valence-corrected chi connectivity index (χ1v) is 8.63. The third kappa shape index (κ3) is 5.01. The number of amides is 2. The Labute approximate surface area is 164 Å². The van der Waals surface area contributed by atoms with Gasteiger partial charge < -0.3 is 9.47 Å². The van der Waals surface area contributed by atoms with E-state index in [1.54, 1.807) is 25.1 Å². The number of benzene rings is 2. The Morgan fingerprint density at radius 3 is 2.29 bits per heavy atom. The molecule has 0 saturated carbocycles. The molecule has 2 amide bonds. The summed E-state index contributed by atoms with van der Waals surface area (Å²) in [6, 6.07) is 12.4. The lowest BCUT2D eigenvalue weighted by atomic mass is 10.0. The van der Waals surface area contributed by atoms with E-state index in [1.165, 1.54) is 20.3 Å². The fraction of sp³-hybridized carbons (Fsp3) is 0.182. The molecule has 0 unspecified atom stereocenters. The van der Waals surface area contributed by atoms with Gasteiger partial charge >= 0.3 is 0 Å². The zero-order valence-electron chi connectivity index (χ0n) is 16.5. The Kier molecular flexibility index (Phi) is 6.98. The Morgan fingerprint density at radius 1 is 1.00 bits per heavy atom. The molecule has 0 bridgehead atoms. The van der Waals surface area contributed by atoms with Gasteiger partial charge in [0, 0.05) is 11.1 Å². The van der Waals surface area contributed by atoms with Crippen LogP contribution in [0.3, 0.4) is 0 Å². The number of hydrazine groups is 1. The van der Waals surface area contributed by atoms with Crippen molar-refractivity contribution in [3.8, 4) is 11.5 Å². The zero-order valence-corrected chi connectivity index (χ0v) is 16.5. The van der Waals surface area contributed by atoms with Crippen molar-refractivity contribution >= 4 is 17.9 Å². The fourth-order valence-electron chi connectivity index (χ4n) is 2.52. The van der Waals surface area contributed by atoms with Crippen LogP contribution in [0.2, 0.25) is 0 Å². The van der Waals surface area contributed by atoms with Crippen LogP contribution < -0.4 is 20.3 Å². The molecule has 0 saturated heterocycles. The van der Waals surface area contributed by atoms with Gasteiger partial charge in [-0.3, -0.25) is 20.4 Å². The van der Waals surface area contributed by atoms with Crippen LogP contribution in [0.5, 0.6) is 11.5 Å². The van der Waals surface area contributed by atoms with Gasteiger partial charge in [-0.15, -0.1) is 0 Å². The van der Waals surface area contributed by atoms with Crippen molar-refractivity contribution in [3.05, 3.63) is 76.9 Å². The fourth-order valence-corrected chi connectivity index (χ4v) is 2.52. The van der Waals surface area contributed by atoms with Crippen LogP contribution in [-0.4, -0.2) is 26.0 Å². The van der Waals surface area contributed by atoms with Gasteiger partial charge in [-0.05, 0) is 54.8 Å². The van der Waals surface area contributed by atoms with E-state index in [9.17, 15) is 9.59 Å². The molecule has 6 nitrogen and oxygen atoms in total. The number of hydrogen-bond donors (Lipinski definition) is 2. The van der Waals surface area contributed by atoms with Gasteiger partial charge in [0.1, 0.15) is 0 Å². The van der Waals surface area contributed by atoms with Crippen LogP contribution in [0.25, 0.3) is 6.08 Å². The zero-order chi connectivity index (χ0) is 20.7. The summed E-state index contributed by atoms with van der Waals surface area (Å²) in [6.45, 7) is 7.55. The maximum absolute atomic E-state index is 12.6. The van der Waals surface area contributed by atoms with E-state index in [0.717, 1.165) is 11.1 Å². The summed E-state index contributed by atoms with van der Waals surface area (Å²) < 4.78 is 10.3. The smallest absolute Gasteiger partial charge is 0.269 e. The number of carbonyl (C=O) groups is 2. The quantitative estimate of drug-likeness (QED) is 0.457. The molecule has 6 heteroatoms. The van der Waals surface area contributed by atoms with Crippen molar-refractivity contribution in [1.82, 2.24) is 10.9 Å². The standard InChI is InChI=1S/C22H24N2O4/c1-14(2)18(12-16-9-7-6-8-15(16)3)22(26)24-23-21(25)17-10-11-19(27-4)20(13-17)28-5/h6-13H,1H2,2-5H3,(H,23,25)(H,24,26)/b18-12+. The number of aryl methyl sites for hydroxylation is 1. The summed E-state index contributed by atoms with van der Waals surface area (Å²) >= 11 is 0. The molecular formula is C22H24N2O4. The van der Waals surface area contributed by atoms with Crippen molar-refractivity contribution < 1.29 is 19.1 Å². The van der Waals surface area contributed by atoms with Crippen LogP contribution in [0, 0.1) is 6.92 Å². The second-order valence-electron chi connectivity index (χ2n) is 6.17. The van der Waals surface area contributed by atoms with E-state index >= 15 is 0 Å². The number of ether oxygens (including phenoxy) is 2. The number of nitrogens with one attached hydrogen (secondary N) is 2. The van der Waals surface area contributed by atoms with Crippen molar-refractivity contribution in [2.45, 2.75) is 13.8 Å². The second kappa shape index (κ2) is 9.41. The van der Waals surface area contributed by atoms with E-state index in [2.05, 4.69) is 17.4 Å². The lowest BCUT2D eigenvalue weighted by Gasteiger charge is -2.12. The number of hydrogen-bond acceptors (Lipinski definition) is 4. The van der Waals surface area contributed by atoms with Gasteiger partial charge in [0.25, 0.3) is 11.8 Å². The third-order valence-corrected chi connectivity index (χ3v) is 4.13. The number of rotatable bonds is 6. The maximum atomic E-state index is 12.6. The average molecular weight is 380 g/mol. The van der Waals surface area contributed by atoms with Gasteiger partial charge in [0.2, 0.25) is 0 Å². The van der Waals surface area contributed by atoms with Gasteiger partial charge in [-0.1, -0.05) is 30.8 Å². The molecule has 0 atom stereocenters. The summed E-state index contributed by atoms with van der Waals surface area (Å²) in [5.41, 5.74) is 8.05. The first-order chi connectivity index (χ1) is 13.4. The van der Waals surface area contributed by atoms with Gasteiger partial charge in [-0.2, -0.15) is 0 Å². The molecule has 0 aliphatic rings. The largest absolute Gasteiger partial charge is 0.493 e. The number of carbonyl (C=O) groups excluding carboxylic acids is 2. The molecule has 0 aliphatic carbocycles. The molecule has 0 heterocycles. The molecule has 28 heavy (non-hydrogen) atoms. The van der Waals surface area contributed by atoms with Crippen LogP contribution in [-0.2, 0) is 4.79 Å². The first kappa shape index (κ1) is 20.8. The molecule has 0 fully saturated rings. The summed E-state index contributed by atoms with van der Waals surface area (Å²) in [5, 5.41) is 0. The second-order valence-corrected chi connectivity index (χ2v) is 6.17. The first-order valence-electron chi connectivity index (χ1n) is 8.63. The van der Waals surface area contributed by atoms with E-state index in [-0.39, 0.29) is 0 Å². The summed E-state index contributed by atoms with van der Waals surface area (Å²) in [7, 11) is 2.99. The normalized spacial score (nSPS) is 10.8. The third-order valence-electron chi connectivity index (χ3n) is 4.13. The predicted molar refractivity (Wildman–Crippen MR) is 109 cm³/mol. The average Bonchev–Trinajstić information content (AvgIpc) is 2.70. The highest BCUT2D eigenvalue weighted by Crippen LogP contribution is 2.27. The van der Waals surface area contributed by atoms with E-state index in [0.29, 0.717) is 28.2 Å². The lowest BCUT2D eigenvalue weighted by molar-refractivity contribution is -0.117. The summed E-state index contributed by atoms with van der Waals surface area (Å²) in [5.74, 6) is -0.00629. The summed E-state index contributed by atoms with van der Waals surface area (Å²) in [4.78, 5) is 24.9. The molecule has 0 spiro atoms. The highest BCUT2D eigenvalue weighted by Gasteiger charge is 2.14. The molecule has 2 N–H and O–H groups in total. The molecule has 0 aliphatic heterocycles. The molecule has 0 aromatic heterocycles. The topological polar surface area (TPSA) is 76.7 Å². The lowest BCUT2D eigenvalue weighted by Crippen LogP contribution is -2.42. The van der Waals surface area contributed by atoms with E-state index in [4.69, 9.17) is 9.47 Å². The van der Waals surface area contributed by atoms with E-state index in [1.807, 2.05) is 31.2 Å². The number of methoxy groups -OCH3 is 2. The van der Waals surface area contributed by atoms with Crippen molar-refractivity contribution in [3.63, 3.8) is 0 Å². The van der Waals surface area contributed by atoms with Crippen molar-refractivity contribution in [2.75, 3.05) is 14.2 Å². The van der Waals surface area contributed by atoms with Gasteiger partial charge in [0.05, 0.1) is 14.2 Å². The van der Waals surface area contributed by atoms with Crippen LogP contribution in [0.4, 0.5) is 0 Å². The highest BCUT2D eigenvalue weighted by molar-refractivity contribution is 6.04. The SMILES string of the molecule is C=C(C)/C(=C\c1ccccc1C)C(=O)NNC(=O)c1ccc(OC)c(OC)c1. The minimum absolute atomic E-state index is 0.317. The molecule has 2 aromatic rings. The molecule has 146 valence electrons. The van der Waals surface area contributed by atoms with Crippen molar-refractivity contribution in [2.24, 2.45) is 0 Å². The molecule has 0 radical (unpaired) electrons. The Bertz CT molecular complexity index is 932. The molecular weight excluding hydrogens is 356 g/mol. The minimum atomic E-state index is -0.480. The minimum Gasteiger partial charge on any atom is -0.493 e. The monoisotopic (exact) mass is 380 g/mol. The maximum Gasteiger partial charge on any atom is 0.269 e. The Balaban J connectivity index is 2.14. The summed E-state index contributed by atoms with van der Waals surface area (Å²) in [6.07, 6.45) is 1.75. The highest BCUT2D eigenvalue weighted by atomic mass is 16.5.